The van der Waals surface area contributed by atoms with Crippen molar-refractivity contribution in [3.63, 3.8) is 0 Å². The summed E-state index contributed by atoms with van der Waals surface area (Å²) in [6.07, 6.45) is 0. The van der Waals surface area contributed by atoms with E-state index in [2.05, 4.69) is 120 Å². The van der Waals surface area contributed by atoms with E-state index < -0.39 is 0 Å². The van der Waals surface area contributed by atoms with Gasteiger partial charge in [-0.2, -0.15) is 0 Å². The Balaban J connectivity index is 1.78. The molecule has 0 N–H and O–H groups in total. The molecule has 6 aromatic carbocycles. The summed E-state index contributed by atoms with van der Waals surface area (Å²) in [4.78, 5) is 0. The van der Waals surface area contributed by atoms with E-state index in [1.165, 1.54) is 59.8 Å². The average Bonchev–Trinajstić information content (AvgIpc) is 3.17. The molecule has 1 heterocycles. The van der Waals surface area contributed by atoms with Crippen LogP contribution in [0.2, 0.25) is 0 Å². The van der Waals surface area contributed by atoms with Crippen molar-refractivity contribution < 1.29 is 0 Å². The molecule has 0 aliphatic rings. The van der Waals surface area contributed by atoms with Crippen LogP contribution in [0.4, 0.5) is 0 Å². The van der Waals surface area contributed by atoms with Crippen LogP contribution in [-0.2, 0) is 0 Å². The quantitative estimate of drug-likeness (QED) is 0.247. The summed E-state index contributed by atoms with van der Waals surface area (Å²) < 4.78 is 2.40. The van der Waals surface area contributed by atoms with Crippen molar-refractivity contribution in [3.8, 4) is 5.69 Å². The van der Waals surface area contributed by atoms with Crippen molar-refractivity contribution in [2.24, 2.45) is 0 Å². The van der Waals surface area contributed by atoms with Gasteiger partial charge in [-0.1, -0.05) is 84.9 Å². The van der Waals surface area contributed by atoms with Crippen LogP contribution in [0.15, 0.2) is 115 Å². The fourth-order valence-corrected chi connectivity index (χ4v) is 5.22. The van der Waals surface area contributed by atoms with Crippen LogP contribution < -0.4 is 0 Å². The fourth-order valence-electron chi connectivity index (χ4n) is 5.22. The molecule has 0 unspecified atom stereocenters. The molecule has 1 aromatic heterocycles. The van der Waals surface area contributed by atoms with Crippen LogP contribution in [-0.4, -0.2) is 4.57 Å². The number of hydrogen-bond donors (Lipinski definition) is 0. The molecule has 0 spiro atoms. The summed E-state index contributed by atoms with van der Waals surface area (Å²) in [5.41, 5.74) is 3.69. The predicted octanol–water partition coefficient (Wildman–Crippen LogP) is 8.24. The molecule has 0 aliphatic heterocycles. The monoisotopic (exact) mass is 393 g/mol. The summed E-state index contributed by atoms with van der Waals surface area (Å²) in [7, 11) is 0. The minimum atomic E-state index is 1.19. The van der Waals surface area contributed by atoms with Gasteiger partial charge < -0.3 is 4.57 Å². The van der Waals surface area contributed by atoms with Gasteiger partial charge in [0.2, 0.25) is 0 Å². The molecular weight excluding hydrogens is 374 g/mol. The Morgan fingerprint density at radius 1 is 0.323 bits per heavy atom. The third kappa shape index (κ3) is 2.26. The largest absolute Gasteiger partial charge is 0.309 e. The lowest BCUT2D eigenvalue weighted by atomic mass is 9.93. The Labute approximate surface area is 179 Å². The van der Waals surface area contributed by atoms with Gasteiger partial charge in [-0.25, -0.2) is 0 Å². The van der Waals surface area contributed by atoms with Crippen molar-refractivity contribution >= 4 is 54.1 Å². The van der Waals surface area contributed by atoms with Crippen molar-refractivity contribution in [1.29, 1.82) is 0 Å². The van der Waals surface area contributed by atoms with Gasteiger partial charge in [0.1, 0.15) is 0 Å². The maximum absolute atomic E-state index is 2.40. The molecule has 1 heteroatoms. The number of aromatic nitrogens is 1. The summed E-state index contributed by atoms with van der Waals surface area (Å²) in [6.45, 7) is 0. The van der Waals surface area contributed by atoms with E-state index in [0.29, 0.717) is 0 Å². The van der Waals surface area contributed by atoms with Gasteiger partial charge in [-0.3, -0.25) is 0 Å². The first-order valence-corrected chi connectivity index (χ1v) is 10.7. The van der Waals surface area contributed by atoms with Crippen molar-refractivity contribution in [2.45, 2.75) is 0 Å². The zero-order chi connectivity index (χ0) is 20.4. The molecule has 144 valence electrons. The molecule has 31 heavy (non-hydrogen) atoms. The Bertz CT molecular complexity index is 1770. The van der Waals surface area contributed by atoms with Crippen LogP contribution >= 0.6 is 0 Å². The van der Waals surface area contributed by atoms with Crippen LogP contribution in [0, 0.1) is 0 Å². The normalized spacial score (nSPS) is 11.9. The second-order valence-corrected chi connectivity index (χ2v) is 8.19. The van der Waals surface area contributed by atoms with Gasteiger partial charge in [0.25, 0.3) is 0 Å². The molecule has 0 bridgehead atoms. The van der Waals surface area contributed by atoms with Gasteiger partial charge in [0.05, 0.1) is 11.0 Å². The Kier molecular flexibility index (Phi) is 3.33. The van der Waals surface area contributed by atoms with E-state index in [9.17, 15) is 0 Å². The summed E-state index contributed by atoms with van der Waals surface area (Å²) in [5.74, 6) is 0. The molecule has 7 rings (SSSR count). The second-order valence-electron chi connectivity index (χ2n) is 8.19. The third-order valence-electron chi connectivity index (χ3n) is 6.55. The highest BCUT2D eigenvalue weighted by molar-refractivity contribution is 6.28. The number of fused-ring (bicyclic) bond motifs is 9. The number of rotatable bonds is 1. The molecule has 0 amide bonds. The van der Waals surface area contributed by atoms with Crippen LogP contribution in [0.5, 0.6) is 0 Å². The molecule has 0 atom stereocenters. The van der Waals surface area contributed by atoms with E-state index in [4.69, 9.17) is 0 Å². The average molecular weight is 393 g/mol. The van der Waals surface area contributed by atoms with Gasteiger partial charge >= 0.3 is 0 Å². The van der Waals surface area contributed by atoms with Crippen molar-refractivity contribution in [3.05, 3.63) is 115 Å². The van der Waals surface area contributed by atoms with E-state index >= 15 is 0 Å². The molecule has 1 nitrogen and oxygen atoms in total. The first-order chi connectivity index (χ1) is 15.4. The Morgan fingerprint density at radius 3 is 1.45 bits per heavy atom. The SMILES string of the molecule is c1ccc(-n2c3ccccc3c3cc4c5ccccc5c5ccccc5c4cc32)cc1. The van der Waals surface area contributed by atoms with Crippen molar-refractivity contribution in [1.82, 2.24) is 4.57 Å². The minimum absolute atomic E-state index is 1.19. The lowest BCUT2D eigenvalue weighted by Gasteiger charge is -2.12. The molecular formula is C30H19N. The highest BCUT2D eigenvalue weighted by atomic mass is 15.0. The van der Waals surface area contributed by atoms with Crippen LogP contribution in [0.1, 0.15) is 0 Å². The van der Waals surface area contributed by atoms with Gasteiger partial charge in [0, 0.05) is 16.5 Å². The predicted molar refractivity (Wildman–Crippen MR) is 133 cm³/mol. The zero-order valence-electron chi connectivity index (χ0n) is 16.9. The summed E-state index contributed by atoms with van der Waals surface area (Å²) in [5, 5.41) is 10.5. The molecule has 0 radical (unpaired) electrons. The summed E-state index contributed by atoms with van der Waals surface area (Å²) >= 11 is 0. The molecule has 7 aromatic rings. The molecule has 0 saturated heterocycles. The van der Waals surface area contributed by atoms with Crippen LogP contribution in [0.3, 0.4) is 0 Å². The Morgan fingerprint density at radius 2 is 0.806 bits per heavy atom. The zero-order valence-corrected chi connectivity index (χ0v) is 16.9. The fraction of sp³-hybridized carbons (Fsp3) is 0. The standard InChI is InChI=1S/C30H19N/c1-2-10-20(11-3-1)31-29-17-9-8-16-25(29)28-18-26-23-14-6-4-12-21(23)22-13-5-7-15-24(22)27(26)19-30(28)31/h1-19H. The van der Waals surface area contributed by atoms with Gasteiger partial charge in [-0.05, 0) is 62.6 Å². The smallest absolute Gasteiger partial charge is 0.0547 e. The topological polar surface area (TPSA) is 4.93 Å². The summed E-state index contributed by atoms with van der Waals surface area (Å²) in [6, 6.07) is 41.8. The maximum atomic E-state index is 2.40. The Hall–Kier alpha value is -4.10. The number of hydrogen-bond acceptors (Lipinski definition) is 0. The van der Waals surface area contributed by atoms with E-state index in [0.717, 1.165) is 0 Å². The number of para-hydroxylation sites is 2. The van der Waals surface area contributed by atoms with E-state index in [-0.39, 0.29) is 0 Å². The number of benzene rings is 6. The lowest BCUT2D eigenvalue weighted by Crippen LogP contribution is -1.93. The van der Waals surface area contributed by atoms with Crippen LogP contribution in [0.25, 0.3) is 59.8 Å². The maximum Gasteiger partial charge on any atom is 0.0547 e. The first kappa shape index (κ1) is 16.7. The minimum Gasteiger partial charge on any atom is -0.309 e. The van der Waals surface area contributed by atoms with E-state index in [1.54, 1.807) is 0 Å². The first-order valence-electron chi connectivity index (χ1n) is 10.7. The second kappa shape index (κ2) is 6.20. The molecule has 0 fully saturated rings. The highest BCUT2D eigenvalue weighted by Gasteiger charge is 2.15. The number of nitrogens with zero attached hydrogens (tertiary/aromatic N) is 1. The molecule has 0 aliphatic carbocycles. The third-order valence-corrected chi connectivity index (χ3v) is 6.55. The van der Waals surface area contributed by atoms with E-state index in [1.807, 2.05) is 0 Å². The van der Waals surface area contributed by atoms with Gasteiger partial charge in [-0.15, -0.1) is 0 Å². The van der Waals surface area contributed by atoms with Crippen molar-refractivity contribution in [2.75, 3.05) is 0 Å². The lowest BCUT2D eigenvalue weighted by molar-refractivity contribution is 1.18. The molecule has 0 saturated carbocycles. The van der Waals surface area contributed by atoms with Gasteiger partial charge in [0.15, 0.2) is 0 Å². The highest BCUT2D eigenvalue weighted by Crippen LogP contribution is 2.40.